The van der Waals surface area contributed by atoms with Crippen molar-refractivity contribution in [1.82, 2.24) is 10.3 Å². The van der Waals surface area contributed by atoms with E-state index in [1.165, 1.54) is 22.4 Å². The average Bonchev–Trinajstić information content (AvgIpc) is 3.35. The number of thiophene rings is 1. The van der Waals surface area contributed by atoms with Gasteiger partial charge in [-0.2, -0.15) is 0 Å². The van der Waals surface area contributed by atoms with E-state index in [-0.39, 0.29) is 0 Å². The van der Waals surface area contributed by atoms with Crippen LogP contribution in [0.4, 0.5) is 4.79 Å². The molecule has 1 aliphatic heterocycles. The van der Waals surface area contributed by atoms with Gasteiger partial charge in [-0.25, -0.2) is 4.79 Å². The number of rotatable bonds is 7. The van der Waals surface area contributed by atoms with Crippen molar-refractivity contribution in [2.45, 2.75) is 38.1 Å². The van der Waals surface area contributed by atoms with E-state index in [4.69, 9.17) is 9.84 Å². The van der Waals surface area contributed by atoms with Gasteiger partial charge in [-0.05, 0) is 66.5 Å². The van der Waals surface area contributed by atoms with Gasteiger partial charge in [0.25, 0.3) is 0 Å². The summed E-state index contributed by atoms with van der Waals surface area (Å²) in [7, 11) is 0. The smallest absolute Gasteiger partial charge is 0.449 e. The van der Waals surface area contributed by atoms with E-state index >= 15 is 0 Å². The molecule has 0 saturated carbocycles. The molecule has 3 N–H and O–H groups in total. The number of unbranched alkanes of at least 4 members (excludes halogenated alkanes) is 1. The van der Waals surface area contributed by atoms with Gasteiger partial charge in [0.1, 0.15) is 5.75 Å². The van der Waals surface area contributed by atoms with Gasteiger partial charge in [-0.3, -0.25) is 0 Å². The molecule has 1 atom stereocenters. The zero-order chi connectivity index (χ0) is 19.3. The monoisotopic (exact) mass is 396 g/mol. The number of aromatic nitrogens is 1. The largest absolute Gasteiger partial charge is 0.511 e. The Kier molecular flexibility index (Phi) is 5.78. The molecule has 1 aliphatic rings. The number of aryl methyl sites for hydroxylation is 1. The van der Waals surface area contributed by atoms with Crippen LogP contribution in [0.5, 0.6) is 5.75 Å². The second-order valence-corrected chi connectivity index (χ2v) is 8.10. The molecule has 1 unspecified atom stereocenters. The molecule has 0 spiro atoms. The van der Waals surface area contributed by atoms with Gasteiger partial charge in [0.15, 0.2) is 0 Å². The van der Waals surface area contributed by atoms with Crippen molar-refractivity contribution in [2.75, 3.05) is 6.54 Å². The number of hydrogen-bond donors (Lipinski definition) is 3. The third-order valence-corrected chi connectivity index (χ3v) is 6.20. The normalized spacial score (nSPS) is 16.9. The van der Waals surface area contributed by atoms with E-state index in [1.54, 1.807) is 12.1 Å². The summed E-state index contributed by atoms with van der Waals surface area (Å²) >= 11 is 1.82. The molecule has 3 heterocycles. The van der Waals surface area contributed by atoms with Crippen LogP contribution in [-0.4, -0.2) is 28.8 Å². The fourth-order valence-electron chi connectivity index (χ4n) is 3.87. The molecule has 0 bridgehead atoms. The predicted octanol–water partition coefficient (Wildman–Crippen LogP) is 5.44. The second-order valence-electron chi connectivity index (χ2n) is 7.15. The minimum absolute atomic E-state index is 0.361. The van der Waals surface area contributed by atoms with Crippen LogP contribution in [0.25, 0.3) is 16.5 Å². The van der Waals surface area contributed by atoms with E-state index in [0.29, 0.717) is 11.8 Å². The third kappa shape index (κ3) is 4.46. The fraction of sp³-hybridized carbons (Fsp3) is 0.318. The highest BCUT2D eigenvalue weighted by atomic mass is 32.1. The first-order valence-corrected chi connectivity index (χ1v) is 10.5. The van der Waals surface area contributed by atoms with Gasteiger partial charge in [-0.1, -0.05) is 18.6 Å². The number of H-pyrrole nitrogens is 1. The Morgan fingerprint density at radius 2 is 2.21 bits per heavy atom. The summed E-state index contributed by atoms with van der Waals surface area (Å²) in [6.45, 7) is 0.951. The van der Waals surface area contributed by atoms with E-state index in [9.17, 15) is 4.79 Å². The van der Waals surface area contributed by atoms with Crippen LogP contribution in [0.1, 0.15) is 36.1 Å². The predicted molar refractivity (Wildman–Crippen MR) is 113 cm³/mol. The minimum Gasteiger partial charge on any atom is -0.449 e. The Labute approximate surface area is 168 Å². The molecule has 3 aromatic rings. The number of nitrogens with one attached hydrogen (secondary N) is 2. The summed E-state index contributed by atoms with van der Waals surface area (Å²) in [6, 6.07) is 10.2. The van der Waals surface area contributed by atoms with Crippen LogP contribution in [0.15, 0.2) is 48.0 Å². The SMILES string of the molecule is O=C(O)Oc1ccc2[nH]cc(CCCCC3CC(c4cccs4)=CCN3)c2c1. The Morgan fingerprint density at radius 1 is 1.29 bits per heavy atom. The molecule has 0 aliphatic carbocycles. The summed E-state index contributed by atoms with van der Waals surface area (Å²) in [5, 5.41) is 15.6. The van der Waals surface area contributed by atoms with E-state index in [1.807, 2.05) is 23.6 Å². The van der Waals surface area contributed by atoms with Gasteiger partial charge in [0.05, 0.1) is 0 Å². The van der Waals surface area contributed by atoms with Crippen molar-refractivity contribution >= 4 is 34.0 Å². The lowest BCUT2D eigenvalue weighted by Gasteiger charge is -2.24. The van der Waals surface area contributed by atoms with E-state index in [2.05, 4.69) is 33.9 Å². The van der Waals surface area contributed by atoms with Gasteiger partial charge in [0, 0.05) is 34.6 Å². The number of carbonyl (C=O) groups is 1. The number of benzene rings is 1. The molecule has 5 nitrogen and oxygen atoms in total. The molecule has 146 valence electrons. The highest BCUT2D eigenvalue weighted by Crippen LogP contribution is 2.28. The summed E-state index contributed by atoms with van der Waals surface area (Å²) in [5.41, 5.74) is 3.69. The molecule has 0 amide bonds. The van der Waals surface area contributed by atoms with Crippen LogP contribution in [-0.2, 0) is 6.42 Å². The zero-order valence-electron chi connectivity index (χ0n) is 15.6. The number of carboxylic acid groups (broad SMARTS) is 1. The van der Waals surface area contributed by atoms with Crippen molar-refractivity contribution in [3.05, 3.63) is 58.4 Å². The van der Waals surface area contributed by atoms with Crippen LogP contribution in [0.3, 0.4) is 0 Å². The lowest BCUT2D eigenvalue weighted by Crippen LogP contribution is -2.32. The first-order chi connectivity index (χ1) is 13.7. The minimum atomic E-state index is -1.28. The van der Waals surface area contributed by atoms with Crippen molar-refractivity contribution in [3.63, 3.8) is 0 Å². The third-order valence-electron chi connectivity index (χ3n) is 5.25. The Balaban J connectivity index is 1.29. The van der Waals surface area contributed by atoms with Crippen LogP contribution < -0.4 is 10.1 Å². The molecule has 2 aromatic heterocycles. The molecular weight excluding hydrogens is 372 g/mol. The lowest BCUT2D eigenvalue weighted by atomic mass is 9.95. The van der Waals surface area contributed by atoms with Crippen LogP contribution in [0, 0.1) is 0 Å². The summed E-state index contributed by atoms with van der Waals surface area (Å²) in [6.07, 6.45) is 8.54. The molecular formula is C22H24N2O3S. The highest BCUT2D eigenvalue weighted by Gasteiger charge is 2.16. The maximum atomic E-state index is 10.7. The second kappa shape index (κ2) is 8.63. The summed E-state index contributed by atoms with van der Waals surface area (Å²) in [5.74, 6) is 0.361. The molecule has 6 heteroatoms. The van der Waals surface area contributed by atoms with Crippen molar-refractivity contribution < 1.29 is 14.6 Å². The first-order valence-electron chi connectivity index (χ1n) is 9.66. The summed E-state index contributed by atoms with van der Waals surface area (Å²) < 4.78 is 4.78. The molecule has 28 heavy (non-hydrogen) atoms. The molecule has 4 rings (SSSR count). The number of hydrogen-bond acceptors (Lipinski definition) is 4. The van der Waals surface area contributed by atoms with Crippen molar-refractivity contribution in [3.8, 4) is 5.75 Å². The molecule has 0 radical (unpaired) electrons. The Morgan fingerprint density at radius 3 is 3.04 bits per heavy atom. The number of fused-ring (bicyclic) bond motifs is 1. The zero-order valence-corrected chi connectivity index (χ0v) is 16.4. The van der Waals surface area contributed by atoms with Crippen LogP contribution in [0.2, 0.25) is 0 Å². The van der Waals surface area contributed by atoms with E-state index < -0.39 is 6.16 Å². The Bertz CT molecular complexity index is 975. The standard InChI is InChI=1S/C22H24N2O3S/c25-22(26)27-18-7-8-20-19(13-18)16(14-24-20)4-1-2-5-17-12-15(9-10-23-17)21-6-3-11-28-21/h3,6-9,11,13-14,17,23-24H,1-2,4-5,10,12H2,(H,25,26). The maximum Gasteiger partial charge on any atom is 0.511 e. The molecule has 0 fully saturated rings. The topological polar surface area (TPSA) is 74.3 Å². The number of aromatic amines is 1. The van der Waals surface area contributed by atoms with Crippen LogP contribution >= 0.6 is 11.3 Å². The molecule has 0 saturated heterocycles. The lowest BCUT2D eigenvalue weighted by molar-refractivity contribution is 0.144. The quantitative estimate of drug-likeness (QED) is 0.282. The average molecular weight is 397 g/mol. The van der Waals surface area contributed by atoms with Crippen molar-refractivity contribution in [2.24, 2.45) is 0 Å². The van der Waals surface area contributed by atoms with Gasteiger partial charge in [-0.15, -0.1) is 11.3 Å². The highest BCUT2D eigenvalue weighted by molar-refractivity contribution is 7.11. The van der Waals surface area contributed by atoms with E-state index in [0.717, 1.165) is 43.1 Å². The van der Waals surface area contributed by atoms with Gasteiger partial charge >= 0.3 is 6.16 Å². The molecule has 1 aromatic carbocycles. The number of ether oxygens (including phenoxy) is 1. The summed E-state index contributed by atoms with van der Waals surface area (Å²) in [4.78, 5) is 15.4. The van der Waals surface area contributed by atoms with Gasteiger partial charge in [0.2, 0.25) is 0 Å². The first kappa shape index (κ1) is 18.8. The van der Waals surface area contributed by atoms with Gasteiger partial charge < -0.3 is 20.1 Å². The Hall–Kier alpha value is -2.57. The van der Waals surface area contributed by atoms with Crippen molar-refractivity contribution in [1.29, 1.82) is 0 Å². The maximum absolute atomic E-state index is 10.7. The fourth-order valence-corrected chi connectivity index (χ4v) is 4.65.